The van der Waals surface area contributed by atoms with Gasteiger partial charge in [0.2, 0.25) is 5.69 Å². The first-order valence-corrected chi connectivity index (χ1v) is 10.3. The zero-order valence-corrected chi connectivity index (χ0v) is 18.8. The summed E-state index contributed by atoms with van der Waals surface area (Å²) in [4.78, 5) is 6.49. The van der Waals surface area contributed by atoms with E-state index >= 15 is 0 Å². The van der Waals surface area contributed by atoms with Crippen molar-refractivity contribution in [2.45, 2.75) is 12.8 Å². The summed E-state index contributed by atoms with van der Waals surface area (Å²) in [6.07, 6.45) is -0.698. The first-order valence-electron chi connectivity index (χ1n) is 10.3. The van der Waals surface area contributed by atoms with Crippen LogP contribution in [0.4, 0.5) is 18.9 Å². The normalized spacial score (nSPS) is 14.1. The molecular formula is C26H21ClF3N2O2+. The lowest BCUT2D eigenvalue weighted by atomic mass is 9.89. The fourth-order valence-corrected chi connectivity index (χ4v) is 4.20. The van der Waals surface area contributed by atoms with Crippen LogP contribution in [0.3, 0.4) is 0 Å². The molecule has 0 bridgehead atoms. The number of hydrogen-bond donors (Lipinski definition) is 3. The molecule has 1 aromatic heterocycles. The van der Waals surface area contributed by atoms with Gasteiger partial charge in [0.1, 0.15) is 5.75 Å². The monoisotopic (exact) mass is 485 g/mol. The Morgan fingerprint density at radius 2 is 1.79 bits per heavy atom. The minimum Gasteiger partial charge on any atom is -0.497 e. The molecular weight excluding hydrogens is 465 g/mol. The van der Waals surface area contributed by atoms with E-state index in [0.717, 1.165) is 56.6 Å². The van der Waals surface area contributed by atoms with E-state index in [2.05, 4.69) is 9.98 Å². The van der Waals surface area contributed by atoms with Crippen molar-refractivity contribution in [3.63, 3.8) is 0 Å². The van der Waals surface area contributed by atoms with E-state index in [0.29, 0.717) is 11.3 Å². The minimum atomic E-state index is -4.41. The van der Waals surface area contributed by atoms with Crippen LogP contribution >= 0.6 is 12.4 Å². The highest BCUT2D eigenvalue weighted by Gasteiger charge is 2.31. The number of rotatable bonds is 4. The highest BCUT2D eigenvalue weighted by atomic mass is 35.5. The number of ether oxygens (including phenoxy) is 1. The van der Waals surface area contributed by atoms with Crippen LogP contribution in [-0.2, 0) is 12.8 Å². The van der Waals surface area contributed by atoms with E-state index in [1.807, 2.05) is 48.8 Å². The number of H-pyrrole nitrogens is 1. The third-order valence-corrected chi connectivity index (χ3v) is 5.86. The molecule has 0 unspecified atom stereocenters. The maximum Gasteiger partial charge on any atom is 0.416 e. The lowest BCUT2D eigenvalue weighted by Crippen LogP contribution is -2.58. The van der Waals surface area contributed by atoms with Crippen molar-refractivity contribution in [2.24, 2.45) is 0 Å². The fraction of sp³-hybridized carbons (Fsp3) is 0.115. The van der Waals surface area contributed by atoms with Crippen molar-refractivity contribution in [2.75, 3.05) is 7.11 Å². The molecule has 3 N–H and O–H groups in total. The molecule has 0 saturated carbocycles. The third kappa shape index (κ3) is 4.08. The van der Waals surface area contributed by atoms with E-state index in [1.165, 1.54) is 12.1 Å². The minimum absolute atomic E-state index is 0. The molecule has 0 radical (unpaired) electrons. The van der Waals surface area contributed by atoms with Gasteiger partial charge in [0.05, 0.1) is 36.5 Å². The second-order valence-electron chi connectivity index (χ2n) is 7.80. The molecule has 0 atom stereocenters. The van der Waals surface area contributed by atoms with Gasteiger partial charge in [0.25, 0.3) is 0 Å². The van der Waals surface area contributed by atoms with Crippen LogP contribution in [0.1, 0.15) is 27.8 Å². The first kappa shape index (κ1) is 23.6. The lowest BCUT2D eigenvalue weighted by Gasteiger charge is -2.13. The van der Waals surface area contributed by atoms with Gasteiger partial charge in [-0.3, -0.25) is 0 Å². The fourth-order valence-electron chi connectivity index (χ4n) is 4.20. The van der Waals surface area contributed by atoms with Crippen molar-refractivity contribution in [3.8, 4) is 5.75 Å². The van der Waals surface area contributed by atoms with Crippen molar-refractivity contribution in [1.82, 2.24) is 4.98 Å². The van der Waals surface area contributed by atoms with Crippen LogP contribution in [0.25, 0.3) is 22.0 Å². The summed E-state index contributed by atoms with van der Waals surface area (Å²) in [7, 11) is 1.59. The summed E-state index contributed by atoms with van der Waals surface area (Å²) in [5.74, 6) is 0.704. The molecule has 1 aliphatic heterocycles. The summed E-state index contributed by atoms with van der Waals surface area (Å²) in [5.41, 5.74) is 5.86. The van der Waals surface area contributed by atoms with Gasteiger partial charge in [-0.25, -0.2) is 4.99 Å². The van der Waals surface area contributed by atoms with Gasteiger partial charge in [0.15, 0.2) is 6.21 Å². The van der Waals surface area contributed by atoms with Gasteiger partial charge in [0, 0.05) is 28.2 Å². The third-order valence-electron chi connectivity index (χ3n) is 5.86. The molecule has 4 nitrogen and oxygen atoms in total. The molecule has 2 heterocycles. The van der Waals surface area contributed by atoms with E-state index in [4.69, 9.17) is 4.74 Å². The number of aromatic nitrogens is 1. The van der Waals surface area contributed by atoms with Crippen LogP contribution in [-0.4, -0.2) is 23.4 Å². The van der Waals surface area contributed by atoms with Crippen molar-refractivity contribution in [3.05, 3.63) is 94.7 Å². The van der Waals surface area contributed by atoms with Gasteiger partial charge in [-0.05, 0) is 41.5 Å². The Labute approximate surface area is 199 Å². The SMILES string of the molecule is COc1ccc2c(c1)[NH+]=CC2=C(c1ccc(C(F)(F)F)cc1)c1c[nH]c2cc(CO)ccc12.Cl. The average Bonchev–Trinajstić information content (AvgIpc) is 3.43. The van der Waals surface area contributed by atoms with Crippen LogP contribution in [0, 0.1) is 0 Å². The number of aliphatic hydroxyl groups is 1. The number of halogens is 4. The van der Waals surface area contributed by atoms with Crippen LogP contribution in [0.15, 0.2) is 66.9 Å². The predicted molar refractivity (Wildman–Crippen MR) is 129 cm³/mol. The molecule has 3 aromatic carbocycles. The number of benzene rings is 3. The standard InChI is InChI=1S/C26H19F3N2O2.ClH/c1-33-18-7-9-20-22(13-31-24(20)11-18)25(16-3-5-17(6-4-16)26(27,28)29)21-12-30-23-10-15(14-32)2-8-19(21)23;/h2-13,30,32H,14H2,1H3;1H/p+1. The molecule has 4 aromatic rings. The summed E-state index contributed by atoms with van der Waals surface area (Å²) in [6, 6.07) is 16.5. The van der Waals surface area contributed by atoms with E-state index in [9.17, 15) is 18.3 Å². The molecule has 0 spiro atoms. The van der Waals surface area contributed by atoms with Crippen LogP contribution < -0.4 is 9.73 Å². The van der Waals surface area contributed by atoms with Gasteiger partial charge >= 0.3 is 6.18 Å². The van der Waals surface area contributed by atoms with E-state index < -0.39 is 11.7 Å². The van der Waals surface area contributed by atoms with Crippen LogP contribution in [0.5, 0.6) is 5.75 Å². The Balaban J connectivity index is 0.00000274. The second-order valence-corrected chi connectivity index (χ2v) is 7.80. The smallest absolute Gasteiger partial charge is 0.416 e. The van der Waals surface area contributed by atoms with Crippen molar-refractivity contribution >= 4 is 46.4 Å². The quantitative estimate of drug-likeness (QED) is 0.386. The maximum absolute atomic E-state index is 13.2. The number of fused-ring (bicyclic) bond motifs is 2. The lowest BCUT2D eigenvalue weighted by molar-refractivity contribution is -0.342. The second kappa shape index (κ2) is 9.00. The first-order chi connectivity index (χ1) is 15.9. The number of hydrogen-bond acceptors (Lipinski definition) is 2. The largest absolute Gasteiger partial charge is 0.497 e. The Morgan fingerprint density at radius 3 is 2.47 bits per heavy atom. The number of allylic oxidation sites excluding steroid dienone is 1. The molecule has 34 heavy (non-hydrogen) atoms. The molecule has 0 aliphatic carbocycles. The number of nitrogens with one attached hydrogen (secondary N) is 2. The molecule has 1 aliphatic rings. The van der Waals surface area contributed by atoms with Gasteiger partial charge in [-0.2, -0.15) is 13.2 Å². The molecule has 0 amide bonds. The Hall–Kier alpha value is -3.55. The Kier molecular flexibility index (Phi) is 6.25. The summed E-state index contributed by atoms with van der Waals surface area (Å²) >= 11 is 0. The number of alkyl halides is 3. The van der Waals surface area contributed by atoms with Gasteiger partial charge in [-0.1, -0.05) is 24.3 Å². The van der Waals surface area contributed by atoms with Crippen molar-refractivity contribution < 1.29 is 28.0 Å². The number of methoxy groups -OCH3 is 1. The maximum atomic E-state index is 13.2. The number of aliphatic hydroxyl groups excluding tert-OH is 1. The summed E-state index contributed by atoms with van der Waals surface area (Å²) < 4.78 is 44.8. The zero-order valence-electron chi connectivity index (χ0n) is 18.0. The molecule has 5 rings (SSSR count). The zero-order chi connectivity index (χ0) is 23.2. The van der Waals surface area contributed by atoms with Gasteiger partial charge < -0.3 is 14.8 Å². The Bertz CT molecular complexity index is 1420. The topological polar surface area (TPSA) is 59.2 Å². The molecule has 174 valence electrons. The average molecular weight is 486 g/mol. The highest BCUT2D eigenvalue weighted by Crippen LogP contribution is 2.39. The van der Waals surface area contributed by atoms with Crippen molar-refractivity contribution in [1.29, 1.82) is 0 Å². The molecule has 8 heteroatoms. The molecule has 0 fully saturated rings. The molecule has 0 saturated heterocycles. The highest BCUT2D eigenvalue weighted by molar-refractivity contribution is 6.24. The Morgan fingerprint density at radius 1 is 1.03 bits per heavy atom. The predicted octanol–water partition coefficient (Wildman–Crippen LogP) is 4.87. The van der Waals surface area contributed by atoms with Gasteiger partial charge in [-0.15, -0.1) is 12.4 Å². The van der Waals surface area contributed by atoms with E-state index in [-0.39, 0.29) is 19.0 Å². The van der Waals surface area contributed by atoms with E-state index in [1.54, 1.807) is 7.11 Å². The number of aromatic amines is 1. The van der Waals surface area contributed by atoms with Crippen LogP contribution in [0.2, 0.25) is 0 Å². The summed E-state index contributed by atoms with van der Waals surface area (Å²) in [6.45, 7) is -0.0793. The summed E-state index contributed by atoms with van der Waals surface area (Å²) in [5, 5.41) is 10.4.